The summed E-state index contributed by atoms with van der Waals surface area (Å²) in [6.45, 7) is 8.55. The highest BCUT2D eigenvalue weighted by molar-refractivity contribution is 9.10. The highest BCUT2D eigenvalue weighted by Crippen LogP contribution is 2.14. The van der Waals surface area contributed by atoms with E-state index in [1.165, 1.54) is 0 Å². The molecule has 0 aromatic heterocycles. The lowest BCUT2D eigenvalue weighted by Gasteiger charge is -2.06. The number of benzene rings is 2. The molecule has 3 nitrogen and oxygen atoms in total. The molecule has 0 bridgehead atoms. The Kier molecular flexibility index (Phi) is 10.7. The van der Waals surface area contributed by atoms with E-state index < -0.39 is 0 Å². The van der Waals surface area contributed by atoms with Crippen LogP contribution in [0.5, 0.6) is 0 Å². The minimum atomic E-state index is 0.451. The second kappa shape index (κ2) is 12.8. The molecule has 0 fully saturated rings. The molecule has 0 heterocycles. The van der Waals surface area contributed by atoms with Crippen LogP contribution in [-0.2, 0) is 0 Å². The predicted molar refractivity (Wildman–Crippen MR) is 123 cm³/mol. The number of amidine groups is 2. The fraction of sp³-hybridized carbons (Fsp3) is 0.217. The van der Waals surface area contributed by atoms with Crippen LogP contribution < -0.4 is 5.73 Å². The van der Waals surface area contributed by atoms with Crippen molar-refractivity contribution in [3.63, 3.8) is 0 Å². The van der Waals surface area contributed by atoms with Crippen LogP contribution in [0, 0.1) is 0 Å². The van der Waals surface area contributed by atoms with Gasteiger partial charge in [0.1, 0.15) is 5.84 Å². The van der Waals surface area contributed by atoms with Gasteiger partial charge in [-0.3, -0.25) is 4.99 Å². The molecule has 0 spiro atoms. The molecule has 0 radical (unpaired) electrons. The number of allylic oxidation sites excluding steroid dienone is 2. The summed E-state index contributed by atoms with van der Waals surface area (Å²) in [4.78, 5) is 9.30. The van der Waals surface area contributed by atoms with Crippen molar-refractivity contribution >= 4 is 27.6 Å². The zero-order valence-corrected chi connectivity index (χ0v) is 18.1. The van der Waals surface area contributed by atoms with Crippen molar-refractivity contribution in [3.05, 3.63) is 94.0 Å². The SMILES string of the molecule is C/C=C\C(=C/C)CN=C(N=C(N)c1ccccc1)c1cccc(Br)c1.CC. The van der Waals surface area contributed by atoms with Crippen molar-refractivity contribution in [2.24, 2.45) is 15.7 Å². The van der Waals surface area contributed by atoms with Crippen LogP contribution in [0.3, 0.4) is 0 Å². The number of rotatable bonds is 5. The molecule has 4 heteroatoms. The van der Waals surface area contributed by atoms with Gasteiger partial charge in [-0.1, -0.05) is 90.5 Å². The summed E-state index contributed by atoms with van der Waals surface area (Å²) in [7, 11) is 0. The first-order chi connectivity index (χ1) is 13.1. The quantitative estimate of drug-likeness (QED) is 0.348. The van der Waals surface area contributed by atoms with Gasteiger partial charge in [0.05, 0.1) is 6.54 Å². The van der Waals surface area contributed by atoms with E-state index in [4.69, 9.17) is 10.7 Å². The van der Waals surface area contributed by atoms with Gasteiger partial charge in [0, 0.05) is 15.6 Å². The molecule has 0 atom stereocenters. The normalized spacial score (nSPS) is 12.7. The Hall–Kier alpha value is -2.46. The Bertz CT molecular complexity index is 819. The molecule has 0 saturated carbocycles. The molecule has 0 aliphatic heterocycles. The summed E-state index contributed by atoms with van der Waals surface area (Å²) in [6.07, 6.45) is 6.10. The fourth-order valence-electron chi connectivity index (χ4n) is 2.23. The van der Waals surface area contributed by atoms with Gasteiger partial charge in [-0.05, 0) is 31.6 Å². The van der Waals surface area contributed by atoms with Crippen LogP contribution in [0.2, 0.25) is 0 Å². The third-order valence-corrected chi connectivity index (χ3v) is 4.03. The molecule has 2 N–H and O–H groups in total. The molecule has 2 aromatic carbocycles. The maximum Gasteiger partial charge on any atom is 0.157 e. The monoisotopic (exact) mass is 425 g/mol. The lowest BCUT2D eigenvalue weighted by molar-refractivity contribution is 1.16. The summed E-state index contributed by atoms with van der Waals surface area (Å²) < 4.78 is 0.978. The van der Waals surface area contributed by atoms with Crippen molar-refractivity contribution in [1.29, 1.82) is 0 Å². The minimum absolute atomic E-state index is 0.451. The predicted octanol–water partition coefficient (Wildman–Crippen LogP) is 6.15. The van der Waals surface area contributed by atoms with Crippen LogP contribution in [0.25, 0.3) is 0 Å². The van der Waals surface area contributed by atoms with Crippen LogP contribution in [0.15, 0.2) is 92.9 Å². The summed E-state index contributed by atoms with van der Waals surface area (Å²) >= 11 is 3.50. The molecule has 2 rings (SSSR count). The van der Waals surface area contributed by atoms with E-state index in [-0.39, 0.29) is 0 Å². The molecule has 2 aromatic rings. The van der Waals surface area contributed by atoms with Crippen molar-refractivity contribution < 1.29 is 0 Å². The maximum absolute atomic E-state index is 6.20. The third kappa shape index (κ3) is 7.75. The zero-order chi connectivity index (χ0) is 20.1. The van der Waals surface area contributed by atoms with E-state index in [1.807, 2.05) is 101 Å². The number of aliphatic imine (C=N–C) groups is 2. The van der Waals surface area contributed by atoms with Crippen LogP contribution in [-0.4, -0.2) is 18.2 Å². The molecular weight excluding hydrogens is 398 g/mol. The van der Waals surface area contributed by atoms with E-state index in [1.54, 1.807) is 0 Å². The first-order valence-electron chi connectivity index (χ1n) is 9.12. The molecule has 0 aliphatic rings. The van der Waals surface area contributed by atoms with Gasteiger partial charge in [-0.2, -0.15) is 0 Å². The van der Waals surface area contributed by atoms with Gasteiger partial charge < -0.3 is 5.73 Å². The fourth-order valence-corrected chi connectivity index (χ4v) is 2.63. The smallest absolute Gasteiger partial charge is 0.157 e. The Morgan fingerprint density at radius 2 is 1.67 bits per heavy atom. The molecule has 0 amide bonds. The minimum Gasteiger partial charge on any atom is -0.383 e. The zero-order valence-electron chi connectivity index (χ0n) is 16.5. The standard InChI is InChI=1S/C21H22BrN3.C2H6/c1-3-9-16(4-2)15-24-21(18-12-8-13-19(22)14-18)25-20(23)17-10-6-5-7-11-17;1-2/h3-14H,15H2,1-2H3,(H2,23,24,25);1-2H3/b9-3-,16-4+;. The van der Waals surface area contributed by atoms with Crippen LogP contribution in [0.1, 0.15) is 38.8 Å². The average molecular weight is 426 g/mol. The summed E-state index contributed by atoms with van der Waals surface area (Å²) in [6, 6.07) is 17.6. The Morgan fingerprint density at radius 3 is 2.26 bits per heavy atom. The number of nitrogens with two attached hydrogens (primary N) is 1. The van der Waals surface area contributed by atoms with E-state index in [9.17, 15) is 0 Å². The van der Waals surface area contributed by atoms with Gasteiger partial charge in [0.25, 0.3) is 0 Å². The number of halogens is 1. The Balaban J connectivity index is 0.00000176. The van der Waals surface area contributed by atoms with E-state index in [0.29, 0.717) is 18.2 Å². The molecule has 0 aliphatic carbocycles. The molecule has 142 valence electrons. The van der Waals surface area contributed by atoms with Gasteiger partial charge in [0.2, 0.25) is 0 Å². The molecular formula is C23H28BrN3. The van der Waals surface area contributed by atoms with E-state index >= 15 is 0 Å². The highest BCUT2D eigenvalue weighted by atomic mass is 79.9. The molecule has 0 unspecified atom stereocenters. The van der Waals surface area contributed by atoms with Gasteiger partial charge >= 0.3 is 0 Å². The van der Waals surface area contributed by atoms with Crippen molar-refractivity contribution in [3.8, 4) is 0 Å². The van der Waals surface area contributed by atoms with E-state index in [2.05, 4.69) is 20.9 Å². The Labute approximate surface area is 171 Å². The summed E-state index contributed by atoms with van der Waals surface area (Å²) in [5.41, 5.74) is 9.13. The highest BCUT2D eigenvalue weighted by Gasteiger charge is 2.06. The summed E-state index contributed by atoms with van der Waals surface area (Å²) in [5.74, 6) is 1.07. The second-order valence-corrected chi connectivity index (χ2v) is 6.29. The first-order valence-corrected chi connectivity index (χ1v) is 9.91. The molecule has 0 saturated heterocycles. The topological polar surface area (TPSA) is 50.7 Å². The van der Waals surface area contributed by atoms with Crippen LogP contribution >= 0.6 is 15.9 Å². The van der Waals surface area contributed by atoms with Gasteiger partial charge in [0.15, 0.2) is 5.84 Å². The van der Waals surface area contributed by atoms with Crippen molar-refractivity contribution in [1.82, 2.24) is 0 Å². The van der Waals surface area contributed by atoms with Gasteiger partial charge in [-0.15, -0.1) is 0 Å². The van der Waals surface area contributed by atoms with Gasteiger partial charge in [-0.25, -0.2) is 4.99 Å². The molecule has 27 heavy (non-hydrogen) atoms. The van der Waals surface area contributed by atoms with Crippen LogP contribution in [0.4, 0.5) is 0 Å². The van der Waals surface area contributed by atoms with E-state index in [0.717, 1.165) is 21.2 Å². The maximum atomic E-state index is 6.20. The lowest BCUT2D eigenvalue weighted by atomic mass is 10.2. The number of hydrogen-bond acceptors (Lipinski definition) is 1. The number of nitrogens with zero attached hydrogens (tertiary/aromatic N) is 2. The number of hydrogen-bond donors (Lipinski definition) is 1. The van der Waals surface area contributed by atoms with Crippen molar-refractivity contribution in [2.45, 2.75) is 27.7 Å². The third-order valence-electron chi connectivity index (χ3n) is 3.54. The Morgan fingerprint density at radius 1 is 1.00 bits per heavy atom. The lowest BCUT2D eigenvalue weighted by Crippen LogP contribution is -2.16. The van der Waals surface area contributed by atoms with Crippen molar-refractivity contribution in [2.75, 3.05) is 6.54 Å². The first kappa shape index (κ1) is 22.6. The summed E-state index contributed by atoms with van der Waals surface area (Å²) in [5, 5.41) is 0. The average Bonchev–Trinajstić information content (AvgIpc) is 2.72. The largest absolute Gasteiger partial charge is 0.383 e. The second-order valence-electron chi connectivity index (χ2n) is 5.38.